The summed E-state index contributed by atoms with van der Waals surface area (Å²) < 4.78 is 2.04. The van der Waals surface area contributed by atoms with Crippen LogP contribution in [0.3, 0.4) is 0 Å². The second-order valence-corrected chi connectivity index (χ2v) is 8.47. The molecule has 0 radical (unpaired) electrons. The molecule has 1 N–H and O–H groups in total. The lowest BCUT2D eigenvalue weighted by molar-refractivity contribution is 0.168. The number of nitrogens with one attached hydrogen (secondary N) is 1. The van der Waals surface area contributed by atoms with Crippen LogP contribution in [0.1, 0.15) is 63.0 Å². The number of guanidine groups is 1. The van der Waals surface area contributed by atoms with Crippen molar-refractivity contribution in [3.05, 3.63) is 11.6 Å². The first-order chi connectivity index (χ1) is 13.2. The van der Waals surface area contributed by atoms with Gasteiger partial charge < -0.3 is 14.8 Å². The van der Waals surface area contributed by atoms with Crippen LogP contribution >= 0.6 is 0 Å². The predicted octanol–water partition coefficient (Wildman–Crippen LogP) is 2.07. The summed E-state index contributed by atoms with van der Waals surface area (Å²) in [5, 5.41) is 12.2. The third-order valence-electron chi connectivity index (χ3n) is 6.61. The van der Waals surface area contributed by atoms with E-state index < -0.39 is 0 Å². The van der Waals surface area contributed by atoms with Gasteiger partial charge in [-0.1, -0.05) is 19.3 Å². The molecule has 0 bridgehead atoms. The minimum atomic E-state index is 0.582. The number of hydrogen-bond donors (Lipinski definition) is 1. The minimum absolute atomic E-state index is 0.582. The van der Waals surface area contributed by atoms with Crippen molar-refractivity contribution in [2.45, 2.75) is 76.9 Å². The lowest BCUT2D eigenvalue weighted by atomic mass is 10.1. The summed E-state index contributed by atoms with van der Waals surface area (Å²) in [7, 11) is 2.02. The Balaban J connectivity index is 1.44. The molecule has 27 heavy (non-hydrogen) atoms. The standard InChI is InChI=1S/C20H35N7/c1-16-23-24-19(25(16)2)14-21-20(22-17-8-4-5-9-17)27-13-10-18(15-27)26-11-6-3-7-12-26/h17-18H,3-15H2,1-2H3,(H,21,22). The van der Waals surface area contributed by atoms with Crippen molar-refractivity contribution >= 4 is 5.96 Å². The number of aliphatic imine (C=N–C) groups is 1. The quantitative estimate of drug-likeness (QED) is 0.647. The van der Waals surface area contributed by atoms with Gasteiger partial charge in [0.05, 0.1) is 0 Å². The summed E-state index contributed by atoms with van der Waals surface area (Å²) >= 11 is 0. The van der Waals surface area contributed by atoms with Crippen molar-refractivity contribution in [1.82, 2.24) is 29.9 Å². The fourth-order valence-electron chi connectivity index (χ4n) is 4.74. The summed E-state index contributed by atoms with van der Waals surface area (Å²) in [6, 6.07) is 1.27. The van der Waals surface area contributed by atoms with E-state index in [2.05, 4.69) is 25.3 Å². The number of aromatic nitrogens is 3. The van der Waals surface area contributed by atoms with Crippen LogP contribution in [0.25, 0.3) is 0 Å². The molecule has 1 aliphatic carbocycles. The Kier molecular flexibility index (Phi) is 5.95. The minimum Gasteiger partial charge on any atom is -0.353 e. The molecular formula is C20H35N7. The number of piperidine rings is 1. The van der Waals surface area contributed by atoms with E-state index in [1.54, 1.807) is 0 Å². The maximum Gasteiger partial charge on any atom is 0.194 e. The summed E-state index contributed by atoms with van der Waals surface area (Å²) in [6.07, 6.45) is 10.6. The summed E-state index contributed by atoms with van der Waals surface area (Å²) in [6.45, 7) is 7.35. The number of aryl methyl sites for hydroxylation is 1. The van der Waals surface area contributed by atoms with Gasteiger partial charge in [0, 0.05) is 32.2 Å². The van der Waals surface area contributed by atoms with E-state index in [4.69, 9.17) is 4.99 Å². The Hall–Kier alpha value is -1.63. The number of nitrogens with zero attached hydrogens (tertiary/aromatic N) is 6. The molecule has 7 nitrogen and oxygen atoms in total. The molecule has 2 aliphatic heterocycles. The van der Waals surface area contributed by atoms with E-state index in [1.165, 1.54) is 64.5 Å². The molecule has 2 saturated heterocycles. The highest BCUT2D eigenvalue weighted by Crippen LogP contribution is 2.22. The van der Waals surface area contributed by atoms with E-state index in [-0.39, 0.29) is 0 Å². The Morgan fingerprint density at radius 3 is 2.52 bits per heavy atom. The lowest BCUT2D eigenvalue weighted by Crippen LogP contribution is -2.46. The van der Waals surface area contributed by atoms with Gasteiger partial charge in [-0.2, -0.15) is 0 Å². The first-order valence-corrected chi connectivity index (χ1v) is 10.9. The molecular weight excluding hydrogens is 338 g/mol. The van der Waals surface area contributed by atoms with Crippen molar-refractivity contribution in [3.63, 3.8) is 0 Å². The smallest absolute Gasteiger partial charge is 0.194 e. The largest absolute Gasteiger partial charge is 0.353 e. The van der Waals surface area contributed by atoms with Gasteiger partial charge in [0.1, 0.15) is 12.4 Å². The Bertz CT molecular complexity index is 641. The van der Waals surface area contributed by atoms with Gasteiger partial charge in [0.2, 0.25) is 0 Å². The maximum atomic E-state index is 4.98. The molecule has 1 saturated carbocycles. The molecule has 1 atom stereocenters. The summed E-state index contributed by atoms with van der Waals surface area (Å²) in [5.41, 5.74) is 0. The fourth-order valence-corrected chi connectivity index (χ4v) is 4.74. The Morgan fingerprint density at radius 2 is 1.81 bits per heavy atom. The van der Waals surface area contributed by atoms with Gasteiger partial charge in [-0.25, -0.2) is 4.99 Å². The second kappa shape index (κ2) is 8.59. The summed E-state index contributed by atoms with van der Waals surface area (Å²) in [4.78, 5) is 10.2. The highest BCUT2D eigenvalue weighted by molar-refractivity contribution is 5.80. The molecule has 0 aromatic carbocycles. The van der Waals surface area contributed by atoms with Gasteiger partial charge >= 0.3 is 0 Å². The number of likely N-dealkylation sites (tertiary alicyclic amines) is 2. The van der Waals surface area contributed by atoms with Gasteiger partial charge in [0.15, 0.2) is 11.8 Å². The fraction of sp³-hybridized carbons (Fsp3) is 0.850. The highest BCUT2D eigenvalue weighted by Gasteiger charge is 2.31. The first kappa shape index (κ1) is 18.7. The highest BCUT2D eigenvalue weighted by atomic mass is 15.4. The van der Waals surface area contributed by atoms with Crippen molar-refractivity contribution in [3.8, 4) is 0 Å². The lowest BCUT2D eigenvalue weighted by Gasteiger charge is -2.32. The Labute approximate surface area is 163 Å². The van der Waals surface area contributed by atoms with Crippen LogP contribution in [0.15, 0.2) is 4.99 Å². The zero-order valence-electron chi connectivity index (χ0n) is 17.0. The van der Waals surface area contributed by atoms with Crippen LogP contribution < -0.4 is 5.32 Å². The van der Waals surface area contributed by atoms with Crippen molar-refractivity contribution in [2.75, 3.05) is 26.2 Å². The molecule has 1 aromatic rings. The third kappa shape index (κ3) is 4.45. The molecule has 3 aliphatic rings. The molecule has 7 heteroatoms. The number of hydrogen-bond acceptors (Lipinski definition) is 4. The van der Waals surface area contributed by atoms with E-state index in [0.717, 1.165) is 30.7 Å². The van der Waals surface area contributed by atoms with Gasteiger partial charge in [-0.05, 0) is 52.1 Å². The van der Waals surface area contributed by atoms with Gasteiger partial charge in [-0.15, -0.1) is 10.2 Å². The zero-order chi connectivity index (χ0) is 18.6. The average molecular weight is 374 g/mol. The number of rotatable bonds is 4. The van der Waals surface area contributed by atoms with E-state index in [0.29, 0.717) is 18.6 Å². The molecule has 150 valence electrons. The van der Waals surface area contributed by atoms with E-state index in [9.17, 15) is 0 Å². The van der Waals surface area contributed by atoms with Gasteiger partial charge in [0.25, 0.3) is 0 Å². The normalized spacial score (nSPS) is 25.5. The second-order valence-electron chi connectivity index (χ2n) is 8.47. The third-order valence-corrected chi connectivity index (χ3v) is 6.61. The van der Waals surface area contributed by atoms with Crippen LogP contribution in [-0.2, 0) is 13.6 Å². The molecule has 3 fully saturated rings. The summed E-state index contributed by atoms with van der Waals surface area (Å²) in [5.74, 6) is 2.96. The SMILES string of the molecule is Cc1nnc(CN=C(NC2CCCC2)N2CCC(N3CCCCC3)C2)n1C. The Morgan fingerprint density at radius 1 is 1.04 bits per heavy atom. The van der Waals surface area contributed by atoms with Crippen molar-refractivity contribution in [2.24, 2.45) is 12.0 Å². The van der Waals surface area contributed by atoms with Crippen LogP contribution in [0.4, 0.5) is 0 Å². The van der Waals surface area contributed by atoms with Crippen molar-refractivity contribution in [1.29, 1.82) is 0 Å². The average Bonchev–Trinajstić information content (AvgIpc) is 3.44. The predicted molar refractivity (Wildman–Crippen MR) is 108 cm³/mol. The van der Waals surface area contributed by atoms with Crippen LogP contribution in [0, 0.1) is 6.92 Å². The topological polar surface area (TPSA) is 61.6 Å². The monoisotopic (exact) mass is 373 g/mol. The van der Waals surface area contributed by atoms with Crippen LogP contribution in [0.2, 0.25) is 0 Å². The van der Waals surface area contributed by atoms with E-state index >= 15 is 0 Å². The van der Waals surface area contributed by atoms with Crippen LogP contribution in [0.5, 0.6) is 0 Å². The zero-order valence-corrected chi connectivity index (χ0v) is 17.0. The van der Waals surface area contributed by atoms with Crippen molar-refractivity contribution < 1.29 is 0 Å². The molecule has 3 heterocycles. The van der Waals surface area contributed by atoms with E-state index in [1.807, 2.05) is 18.5 Å². The first-order valence-electron chi connectivity index (χ1n) is 10.9. The molecule has 0 spiro atoms. The maximum absolute atomic E-state index is 4.98. The van der Waals surface area contributed by atoms with Gasteiger partial charge in [-0.3, -0.25) is 4.90 Å². The molecule has 1 unspecified atom stereocenters. The molecule has 1 aromatic heterocycles. The van der Waals surface area contributed by atoms with Crippen LogP contribution in [-0.4, -0.2) is 68.8 Å². The molecule has 4 rings (SSSR count). The molecule has 0 amide bonds.